The molecule has 0 atom stereocenters. The van der Waals surface area contributed by atoms with Crippen molar-refractivity contribution in [1.29, 1.82) is 0 Å². The first-order valence-electron chi connectivity index (χ1n) is 15.7. The first-order chi connectivity index (χ1) is 23.3. The lowest BCUT2D eigenvalue weighted by molar-refractivity contribution is 1.20. The molecule has 0 fully saturated rings. The lowest BCUT2D eigenvalue weighted by Crippen LogP contribution is -2.15. The molecule has 4 aromatic heterocycles. The maximum Gasteiger partial charge on any atom is 0.146 e. The Balaban J connectivity index is 1.42. The summed E-state index contributed by atoms with van der Waals surface area (Å²) < 4.78 is 4.48. The van der Waals surface area contributed by atoms with Crippen LogP contribution in [0.25, 0.3) is 110 Å². The molecule has 0 aliphatic rings. The first kappa shape index (κ1) is 24.6. The van der Waals surface area contributed by atoms with Gasteiger partial charge in [-0.05, 0) is 93.2 Å². The van der Waals surface area contributed by atoms with E-state index in [2.05, 4.69) is 130 Å². The van der Waals surface area contributed by atoms with Crippen molar-refractivity contribution < 1.29 is 0 Å². The van der Waals surface area contributed by atoms with Crippen LogP contribution in [-0.4, -0.2) is 18.8 Å². The number of fused-ring (bicyclic) bond motifs is 10. The molecule has 0 bridgehead atoms. The number of pyridine rings is 2. The zero-order valence-electron chi connectivity index (χ0n) is 25.1. The summed E-state index contributed by atoms with van der Waals surface area (Å²) in [6.07, 6.45) is 3.99. The van der Waals surface area contributed by atoms with Gasteiger partial charge in [0.2, 0.25) is 0 Å². The molecule has 0 N–H and O–H groups in total. The van der Waals surface area contributed by atoms with E-state index in [4.69, 9.17) is 9.97 Å². The summed E-state index contributed by atoms with van der Waals surface area (Å²) in [5.74, 6) is 0. The van der Waals surface area contributed by atoms with E-state index in [0.29, 0.717) is 0 Å². The zero-order chi connectivity index (χ0) is 31.0. The minimum absolute atomic E-state index is 0.917. The Kier molecular flexibility index (Phi) is 4.47. The van der Waals surface area contributed by atoms with Gasteiger partial charge >= 0.3 is 0 Å². The van der Waals surface area contributed by atoms with Crippen molar-refractivity contribution in [3.05, 3.63) is 138 Å². The quantitative estimate of drug-likeness (QED) is 0.108. The van der Waals surface area contributed by atoms with E-state index < -0.39 is 0 Å². The van der Waals surface area contributed by atoms with Crippen LogP contribution in [-0.2, 0) is 0 Å². The number of benzene rings is 7. The van der Waals surface area contributed by atoms with Gasteiger partial charge in [0.1, 0.15) is 16.6 Å². The van der Waals surface area contributed by atoms with Gasteiger partial charge in [0.05, 0.1) is 27.4 Å². The average molecular weight is 595 g/mol. The largest absolute Gasteiger partial charge is 0.292 e. The molecule has 0 saturated carbocycles. The van der Waals surface area contributed by atoms with Crippen molar-refractivity contribution in [1.82, 2.24) is 18.8 Å². The third-order valence-corrected chi connectivity index (χ3v) is 10.1. The van der Waals surface area contributed by atoms with Crippen LogP contribution >= 0.6 is 0 Å². The lowest BCUT2D eigenvalue weighted by Gasteiger charge is -2.19. The van der Waals surface area contributed by atoms with E-state index in [-0.39, 0.29) is 0 Å². The smallest absolute Gasteiger partial charge is 0.146 e. The molecule has 0 amide bonds. The maximum atomic E-state index is 5.17. The van der Waals surface area contributed by atoms with Crippen LogP contribution in [0.5, 0.6) is 0 Å². The standard InChI is InChI=1S/C43H22N4/c1-3-5-13-35-29-21-17-25-24-16-20-28-34(10-4-2)46-36-14-8-6-11-32(36)44-42(46)30-22-18-26(38(24)40(28)30)27-19-23-31(41(29)39(25)27)43-45-33-12-7-9-15-37(33)47(35)43/h5-9,11-23H,1-2H2/b35-13+. The summed E-state index contributed by atoms with van der Waals surface area (Å²) in [6, 6.07) is 34.8. The Bertz CT molecular complexity index is 3430. The van der Waals surface area contributed by atoms with Gasteiger partial charge in [0.15, 0.2) is 0 Å². The van der Waals surface area contributed by atoms with Crippen LogP contribution in [0.4, 0.5) is 0 Å². The minimum atomic E-state index is 0.917. The van der Waals surface area contributed by atoms with Gasteiger partial charge in [-0.1, -0.05) is 73.0 Å². The van der Waals surface area contributed by atoms with Crippen LogP contribution < -0.4 is 10.7 Å². The fourth-order valence-corrected chi connectivity index (χ4v) is 8.31. The normalized spacial score (nSPS) is 12.7. The number of aromatic nitrogens is 4. The Morgan fingerprint density at radius 3 is 1.57 bits per heavy atom. The van der Waals surface area contributed by atoms with Gasteiger partial charge in [0, 0.05) is 32.3 Å². The van der Waals surface area contributed by atoms with Crippen molar-refractivity contribution >= 4 is 110 Å². The Hall–Kier alpha value is -6.66. The van der Waals surface area contributed by atoms with E-state index in [1.54, 1.807) is 0 Å². The third kappa shape index (κ3) is 2.87. The van der Waals surface area contributed by atoms with Gasteiger partial charge in [0.25, 0.3) is 0 Å². The van der Waals surface area contributed by atoms with Crippen LogP contribution in [0.2, 0.25) is 0 Å². The molecule has 0 saturated heterocycles. The average Bonchev–Trinajstić information content (AvgIpc) is 3.70. The van der Waals surface area contributed by atoms with Crippen LogP contribution in [0.1, 0.15) is 0 Å². The summed E-state index contributed by atoms with van der Waals surface area (Å²) in [4.78, 5) is 10.3. The number of hydrogen-bond donors (Lipinski definition) is 0. The number of nitrogens with zero attached hydrogens (tertiary/aromatic N) is 4. The highest BCUT2D eigenvalue weighted by atomic mass is 15.0. The molecule has 47 heavy (non-hydrogen) atoms. The highest BCUT2D eigenvalue weighted by molar-refractivity contribution is 6.40. The van der Waals surface area contributed by atoms with Crippen LogP contribution in [0.15, 0.2) is 128 Å². The molecule has 4 heteroatoms. The number of allylic oxidation sites excluding steroid dienone is 1. The first-order valence-corrected chi connectivity index (χ1v) is 15.7. The lowest BCUT2D eigenvalue weighted by atomic mass is 9.86. The molecule has 0 spiro atoms. The van der Waals surface area contributed by atoms with Gasteiger partial charge in [-0.3, -0.25) is 8.80 Å². The van der Waals surface area contributed by atoms with Gasteiger partial charge in [-0.25, -0.2) is 9.97 Å². The Morgan fingerprint density at radius 1 is 0.511 bits per heavy atom. The molecule has 0 aliphatic carbocycles. The van der Waals surface area contributed by atoms with Gasteiger partial charge in [-0.2, -0.15) is 0 Å². The molecule has 4 heterocycles. The molecule has 0 unspecified atom stereocenters. The van der Waals surface area contributed by atoms with Gasteiger partial charge < -0.3 is 0 Å². The van der Waals surface area contributed by atoms with Crippen molar-refractivity contribution in [2.45, 2.75) is 0 Å². The fourth-order valence-electron chi connectivity index (χ4n) is 8.31. The highest BCUT2D eigenvalue weighted by Gasteiger charge is 2.22. The van der Waals surface area contributed by atoms with Crippen molar-refractivity contribution in [3.8, 4) is 0 Å². The molecule has 0 radical (unpaired) electrons. The monoisotopic (exact) mass is 594 g/mol. The molecule has 11 aromatic rings. The topological polar surface area (TPSA) is 34.6 Å². The third-order valence-electron chi connectivity index (χ3n) is 10.1. The van der Waals surface area contributed by atoms with E-state index in [1.165, 1.54) is 48.5 Å². The Morgan fingerprint density at radius 2 is 0.979 bits per heavy atom. The summed E-state index contributed by atoms with van der Waals surface area (Å²) >= 11 is 0. The maximum absolute atomic E-state index is 5.17. The number of hydrogen-bond acceptors (Lipinski definition) is 2. The fraction of sp³-hybridized carbons (Fsp3) is 0. The molecule has 4 nitrogen and oxygen atoms in total. The second-order valence-electron chi connectivity index (χ2n) is 12.2. The Labute approximate surface area is 266 Å². The number of rotatable bonds is 1. The predicted octanol–water partition coefficient (Wildman–Crippen LogP) is 8.93. The zero-order valence-corrected chi connectivity index (χ0v) is 25.1. The van der Waals surface area contributed by atoms with Crippen molar-refractivity contribution in [2.24, 2.45) is 0 Å². The van der Waals surface area contributed by atoms with Crippen LogP contribution in [0.3, 0.4) is 0 Å². The van der Waals surface area contributed by atoms with Gasteiger partial charge in [-0.15, -0.1) is 5.73 Å². The molecule has 11 rings (SSSR count). The highest BCUT2D eigenvalue weighted by Crippen LogP contribution is 2.45. The molecular weight excluding hydrogens is 573 g/mol. The number of imidazole rings is 2. The summed E-state index contributed by atoms with van der Waals surface area (Å²) in [5.41, 5.74) is 15.2. The van der Waals surface area contributed by atoms with E-state index >= 15 is 0 Å². The predicted molar refractivity (Wildman–Crippen MR) is 196 cm³/mol. The van der Waals surface area contributed by atoms with Crippen molar-refractivity contribution in [2.75, 3.05) is 0 Å². The van der Waals surface area contributed by atoms with E-state index in [9.17, 15) is 0 Å². The minimum Gasteiger partial charge on any atom is -0.292 e. The molecule has 214 valence electrons. The molecule has 7 aromatic carbocycles. The summed E-state index contributed by atoms with van der Waals surface area (Å²) in [7, 11) is 0. The second-order valence-corrected chi connectivity index (χ2v) is 12.2. The second kappa shape index (κ2) is 8.53. The van der Waals surface area contributed by atoms with E-state index in [0.717, 1.165) is 60.2 Å². The summed E-state index contributed by atoms with van der Waals surface area (Å²) in [5, 5.41) is 16.3. The number of para-hydroxylation sites is 4. The molecular formula is C43H22N4. The summed E-state index contributed by atoms with van der Waals surface area (Å²) in [6.45, 7) is 7.74. The van der Waals surface area contributed by atoms with Crippen LogP contribution in [0, 0.1) is 0 Å². The molecule has 0 aliphatic heterocycles. The van der Waals surface area contributed by atoms with Crippen molar-refractivity contribution in [3.63, 3.8) is 0 Å². The van der Waals surface area contributed by atoms with E-state index in [1.807, 2.05) is 18.2 Å². The SMILES string of the molecule is C=C=C=c1c2ccc3c4ccc5/c(=C\C=C=C)n6c7ccccc7nc6c6ccc(c7ccc(c2c37)c2nc3ccccc3n12)c4c56.